The molecule has 0 aromatic carbocycles. The van der Waals surface area contributed by atoms with Crippen LogP contribution >= 0.6 is 0 Å². The highest BCUT2D eigenvalue weighted by Crippen LogP contribution is 2.28. The minimum absolute atomic E-state index is 0.000767. The van der Waals surface area contributed by atoms with Gasteiger partial charge in [0.25, 0.3) is 0 Å². The second kappa shape index (κ2) is 5.03. The van der Waals surface area contributed by atoms with Gasteiger partial charge in [0, 0.05) is 6.20 Å². The van der Waals surface area contributed by atoms with E-state index < -0.39 is 0 Å². The van der Waals surface area contributed by atoms with Crippen molar-refractivity contribution in [3.63, 3.8) is 0 Å². The molecule has 2 heterocycles. The Morgan fingerprint density at radius 2 is 2.21 bits per heavy atom. The van der Waals surface area contributed by atoms with Gasteiger partial charge in [0.1, 0.15) is 0 Å². The summed E-state index contributed by atoms with van der Waals surface area (Å²) in [6.07, 6.45) is 8.83. The molecular weight excluding hydrogens is 240 g/mol. The average Bonchev–Trinajstić information content (AvgIpc) is 3.07. The Bertz CT molecular complexity index is 576. The SMILES string of the molecule is Cc1ccoc1C(=O)Cc1ccn(C2CCCC2)n1. The van der Waals surface area contributed by atoms with Crippen LogP contribution in [0.4, 0.5) is 0 Å². The van der Waals surface area contributed by atoms with Crippen LogP contribution < -0.4 is 0 Å². The lowest BCUT2D eigenvalue weighted by Crippen LogP contribution is -2.08. The van der Waals surface area contributed by atoms with Gasteiger partial charge in [-0.05, 0) is 37.5 Å². The predicted octanol–water partition coefficient (Wildman–Crippen LogP) is 3.33. The van der Waals surface area contributed by atoms with Gasteiger partial charge in [-0.15, -0.1) is 0 Å². The molecule has 4 heteroatoms. The van der Waals surface area contributed by atoms with Crippen LogP contribution in [0.15, 0.2) is 29.0 Å². The first-order chi connectivity index (χ1) is 9.24. The first-order valence-electron chi connectivity index (χ1n) is 6.85. The van der Waals surface area contributed by atoms with E-state index in [0.29, 0.717) is 18.2 Å². The molecule has 0 radical (unpaired) electrons. The summed E-state index contributed by atoms with van der Waals surface area (Å²) in [7, 11) is 0. The highest BCUT2D eigenvalue weighted by Gasteiger charge is 2.19. The third kappa shape index (κ3) is 2.48. The molecule has 0 atom stereocenters. The molecule has 100 valence electrons. The maximum absolute atomic E-state index is 12.1. The molecule has 1 aliphatic carbocycles. The van der Waals surface area contributed by atoms with Gasteiger partial charge in [-0.25, -0.2) is 0 Å². The first-order valence-corrected chi connectivity index (χ1v) is 6.85. The molecule has 0 aliphatic heterocycles. The van der Waals surface area contributed by atoms with E-state index in [2.05, 4.69) is 5.10 Å². The van der Waals surface area contributed by atoms with Gasteiger partial charge in [0.2, 0.25) is 5.78 Å². The zero-order valence-electron chi connectivity index (χ0n) is 11.1. The van der Waals surface area contributed by atoms with Gasteiger partial charge in [-0.2, -0.15) is 5.10 Å². The Hall–Kier alpha value is -1.84. The van der Waals surface area contributed by atoms with E-state index in [-0.39, 0.29) is 5.78 Å². The highest BCUT2D eigenvalue weighted by molar-refractivity contribution is 5.95. The zero-order chi connectivity index (χ0) is 13.2. The van der Waals surface area contributed by atoms with Crippen LogP contribution in [-0.4, -0.2) is 15.6 Å². The van der Waals surface area contributed by atoms with E-state index in [4.69, 9.17) is 4.42 Å². The van der Waals surface area contributed by atoms with Crippen molar-refractivity contribution in [1.82, 2.24) is 9.78 Å². The lowest BCUT2D eigenvalue weighted by molar-refractivity contribution is 0.0964. The molecule has 0 amide bonds. The van der Waals surface area contributed by atoms with Gasteiger partial charge in [-0.3, -0.25) is 9.48 Å². The normalized spacial score (nSPS) is 16.1. The number of aryl methyl sites for hydroxylation is 1. The van der Waals surface area contributed by atoms with Crippen LogP contribution in [0.3, 0.4) is 0 Å². The van der Waals surface area contributed by atoms with Crippen LogP contribution in [0.5, 0.6) is 0 Å². The number of furan rings is 1. The second-order valence-corrected chi connectivity index (χ2v) is 5.26. The number of carbonyl (C=O) groups is 1. The van der Waals surface area contributed by atoms with E-state index in [1.807, 2.05) is 29.9 Å². The van der Waals surface area contributed by atoms with Crippen molar-refractivity contribution in [2.24, 2.45) is 0 Å². The Kier molecular flexibility index (Phi) is 3.23. The molecule has 0 spiro atoms. The van der Waals surface area contributed by atoms with Crippen LogP contribution in [0.2, 0.25) is 0 Å². The predicted molar refractivity (Wildman–Crippen MR) is 71.2 cm³/mol. The van der Waals surface area contributed by atoms with E-state index in [1.54, 1.807) is 6.26 Å². The van der Waals surface area contributed by atoms with Gasteiger partial charge in [-0.1, -0.05) is 12.8 Å². The molecule has 0 unspecified atom stereocenters. The molecule has 0 N–H and O–H groups in total. The topological polar surface area (TPSA) is 48.0 Å². The smallest absolute Gasteiger partial charge is 0.204 e. The summed E-state index contributed by atoms with van der Waals surface area (Å²) >= 11 is 0. The quantitative estimate of drug-likeness (QED) is 0.790. The van der Waals surface area contributed by atoms with Gasteiger partial charge < -0.3 is 4.42 Å². The second-order valence-electron chi connectivity index (χ2n) is 5.26. The van der Waals surface area contributed by atoms with Crippen molar-refractivity contribution in [3.05, 3.63) is 41.6 Å². The Morgan fingerprint density at radius 3 is 2.89 bits per heavy atom. The number of hydrogen-bond donors (Lipinski definition) is 0. The number of hydrogen-bond acceptors (Lipinski definition) is 3. The summed E-state index contributed by atoms with van der Waals surface area (Å²) in [5.41, 5.74) is 1.72. The Balaban J connectivity index is 1.70. The standard InChI is InChI=1S/C15H18N2O2/c1-11-7-9-19-15(11)14(18)10-12-6-8-17(16-12)13-4-2-3-5-13/h6-9,13H,2-5,10H2,1H3. The van der Waals surface area contributed by atoms with Gasteiger partial charge in [0.15, 0.2) is 5.76 Å². The fraction of sp³-hybridized carbons (Fsp3) is 0.467. The van der Waals surface area contributed by atoms with Crippen molar-refractivity contribution in [2.75, 3.05) is 0 Å². The fourth-order valence-corrected chi connectivity index (χ4v) is 2.75. The maximum atomic E-state index is 12.1. The largest absolute Gasteiger partial charge is 0.461 e. The number of rotatable bonds is 4. The third-order valence-electron chi connectivity index (χ3n) is 3.82. The minimum Gasteiger partial charge on any atom is -0.461 e. The number of aromatic nitrogens is 2. The molecule has 3 rings (SSSR count). The lowest BCUT2D eigenvalue weighted by Gasteiger charge is -2.08. The minimum atomic E-state index is -0.000767. The summed E-state index contributed by atoms with van der Waals surface area (Å²) < 4.78 is 7.24. The van der Waals surface area contributed by atoms with Crippen LogP contribution in [0.25, 0.3) is 0 Å². The van der Waals surface area contributed by atoms with Crippen molar-refractivity contribution in [2.45, 2.75) is 45.1 Å². The summed E-state index contributed by atoms with van der Waals surface area (Å²) in [6, 6.07) is 4.27. The monoisotopic (exact) mass is 258 g/mol. The third-order valence-corrected chi connectivity index (χ3v) is 3.82. The number of ketones is 1. The average molecular weight is 258 g/mol. The number of nitrogens with zero attached hydrogens (tertiary/aromatic N) is 2. The van der Waals surface area contributed by atoms with Crippen LogP contribution in [0, 0.1) is 6.92 Å². The van der Waals surface area contributed by atoms with Crippen molar-refractivity contribution in [1.29, 1.82) is 0 Å². The van der Waals surface area contributed by atoms with E-state index in [0.717, 1.165) is 11.3 Å². The van der Waals surface area contributed by atoms with Crippen LogP contribution in [0.1, 0.15) is 53.5 Å². The molecule has 0 saturated heterocycles. The van der Waals surface area contributed by atoms with Crippen molar-refractivity contribution in [3.8, 4) is 0 Å². The van der Waals surface area contributed by atoms with Gasteiger partial charge in [0.05, 0.1) is 24.4 Å². The molecule has 2 aromatic rings. The molecule has 1 aliphatic rings. The maximum Gasteiger partial charge on any atom is 0.204 e. The van der Waals surface area contributed by atoms with E-state index in [9.17, 15) is 4.79 Å². The van der Waals surface area contributed by atoms with Crippen molar-refractivity contribution < 1.29 is 9.21 Å². The number of carbonyl (C=O) groups excluding carboxylic acids is 1. The van der Waals surface area contributed by atoms with Gasteiger partial charge >= 0.3 is 0 Å². The van der Waals surface area contributed by atoms with E-state index in [1.165, 1.54) is 25.7 Å². The molecule has 4 nitrogen and oxygen atoms in total. The number of Topliss-reactive ketones (excluding diaryl/α,β-unsaturated/α-hetero) is 1. The Labute approximate surface area is 112 Å². The van der Waals surface area contributed by atoms with Crippen LogP contribution in [-0.2, 0) is 6.42 Å². The molecule has 1 fully saturated rings. The molecule has 1 saturated carbocycles. The first kappa shape index (κ1) is 12.2. The Morgan fingerprint density at radius 1 is 1.42 bits per heavy atom. The zero-order valence-corrected chi connectivity index (χ0v) is 11.1. The van der Waals surface area contributed by atoms with E-state index >= 15 is 0 Å². The summed E-state index contributed by atoms with van der Waals surface area (Å²) in [4.78, 5) is 12.1. The summed E-state index contributed by atoms with van der Waals surface area (Å²) in [6.45, 7) is 1.88. The summed E-state index contributed by atoms with van der Waals surface area (Å²) in [5.74, 6) is 0.453. The lowest BCUT2D eigenvalue weighted by atomic mass is 10.1. The summed E-state index contributed by atoms with van der Waals surface area (Å²) in [5, 5.41) is 4.53. The fourth-order valence-electron chi connectivity index (χ4n) is 2.75. The molecule has 2 aromatic heterocycles. The molecule has 0 bridgehead atoms. The van der Waals surface area contributed by atoms with Crippen molar-refractivity contribution >= 4 is 5.78 Å². The molecule has 19 heavy (non-hydrogen) atoms. The molecular formula is C15H18N2O2. The highest BCUT2D eigenvalue weighted by atomic mass is 16.3.